The Bertz CT molecular complexity index is 1300. The third-order valence-corrected chi connectivity index (χ3v) is 5.94. The maximum Gasteiger partial charge on any atom is 0.315 e. The summed E-state index contributed by atoms with van der Waals surface area (Å²) in [7, 11) is 0. The predicted octanol–water partition coefficient (Wildman–Crippen LogP) is 4.51. The Hall–Kier alpha value is -4.20. The topological polar surface area (TPSA) is 88.0 Å². The quantitative estimate of drug-likeness (QED) is 0.308. The van der Waals surface area contributed by atoms with Crippen molar-refractivity contribution in [2.45, 2.75) is 45.4 Å². The van der Waals surface area contributed by atoms with Crippen LogP contribution in [0.25, 0.3) is 11.0 Å². The van der Waals surface area contributed by atoms with Gasteiger partial charge in [-0.3, -0.25) is 4.79 Å². The average Bonchev–Trinajstić information content (AvgIpc) is 3.30. The molecule has 0 fully saturated rings. The van der Waals surface area contributed by atoms with Crippen molar-refractivity contribution in [2.24, 2.45) is 0 Å². The first-order valence-electron chi connectivity index (χ1n) is 12.1. The molecule has 0 aliphatic carbocycles. The average molecular weight is 488 g/mol. The molecule has 7 nitrogen and oxygen atoms in total. The Labute approximate surface area is 209 Å². The van der Waals surface area contributed by atoms with Crippen molar-refractivity contribution in [3.63, 3.8) is 0 Å². The molecule has 8 heteroatoms. The lowest BCUT2D eigenvalue weighted by Crippen LogP contribution is -2.49. The van der Waals surface area contributed by atoms with Gasteiger partial charge in [0, 0.05) is 19.6 Å². The first kappa shape index (κ1) is 24.9. The van der Waals surface area contributed by atoms with Gasteiger partial charge in [0.15, 0.2) is 0 Å². The van der Waals surface area contributed by atoms with Crippen molar-refractivity contribution in [2.75, 3.05) is 0 Å². The molecule has 3 N–H and O–H groups in total. The fraction of sp³-hybridized carbons (Fsp3) is 0.250. The normalized spacial score (nSPS) is 11.7. The fourth-order valence-electron chi connectivity index (χ4n) is 3.96. The Kier molecular flexibility index (Phi) is 8.28. The molecule has 3 amide bonds. The van der Waals surface area contributed by atoms with Gasteiger partial charge in [0.25, 0.3) is 0 Å². The molecule has 0 spiro atoms. The maximum absolute atomic E-state index is 13.0. The molecular weight excluding hydrogens is 457 g/mol. The zero-order chi connectivity index (χ0) is 25.3. The summed E-state index contributed by atoms with van der Waals surface area (Å²) in [4.78, 5) is 29.5. The second-order valence-electron chi connectivity index (χ2n) is 8.69. The van der Waals surface area contributed by atoms with Gasteiger partial charge in [-0.25, -0.2) is 14.2 Å². The number of benzene rings is 3. The molecular formula is C28H30FN5O2. The summed E-state index contributed by atoms with van der Waals surface area (Å²) in [6.45, 7) is 3.28. The standard InChI is InChI=1S/C28H30FN5O2/c1-2-5-25(33-28(36)31-17-21-12-14-23(29)15-13-21)27(35)30-16-20-8-10-22(11-9-20)18-34-19-32-24-6-3-4-7-26(24)34/h3-4,6-15,19,25H,2,5,16-18H2,1H3,(H,30,35)(H2,31,33,36). The van der Waals surface area contributed by atoms with Crippen LogP contribution in [0.15, 0.2) is 79.1 Å². The highest BCUT2D eigenvalue weighted by Crippen LogP contribution is 2.14. The summed E-state index contributed by atoms with van der Waals surface area (Å²) in [5.74, 6) is -0.563. The first-order chi connectivity index (χ1) is 17.5. The zero-order valence-electron chi connectivity index (χ0n) is 20.2. The minimum atomic E-state index is -0.642. The number of fused-ring (bicyclic) bond motifs is 1. The number of rotatable bonds is 10. The van der Waals surface area contributed by atoms with Crippen LogP contribution in [0.4, 0.5) is 9.18 Å². The Morgan fingerprint density at radius 2 is 1.53 bits per heavy atom. The van der Waals surface area contributed by atoms with Crippen molar-refractivity contribution in [1.29, 1.82) is 0 Å². The number of para-hydroxylation sites is 2. The van der Waals surface area contributed by atoms with Crippen molar-refractivity contribution < 1.29 is 14.0 Å². The molecule has 0 saturated carbocycles. The van der Waals surface area contributed by atoms with E-state index in [4.69, 9.17) is 0 Å². The number of amides is 3. The van der Waals surface area contributed by atoms with Gasteiger partial charge >= 0.3 is 6.03 Å². The van der Waals surface area contributed by atoms with Crippen LogP contribution in [0.2, 0.25) is 0 Å². The second kappa shape index (κ2) is 12.0. The van der Waals surface area contributed by atoms with E-state index in [1.165, 1.54) is 12.1 Å². The molecule has 0 saturated heterocycles. The van der Waals surface area contributed by atoms with Crippen LogP contribution in [-0.2, 0) is 24.4 Å². The van der Waals surface area contributed by atoms with Crippen LogP contribution in [0.5, 0.6) is 0 Å². The molecule has 0 bridgehead atoms. The van der Waals surface area contributed by atoms with E-state index < -0.39 is 12.1 Å². The maximum atomic E-state index is 13.0. The van der Waals surface area contributed by atoms with E-state index in [0.29, 0.717) is 19.5 Å². The molecule has 4 rings (SSSR count). The first-order valence-corrected chi connectivity index (χ1v) is 12.1. The highest BCUT2D eigenvalue weighted by molar-refractivity contribution is 5.87. The van der Waals surface area contributed by atoms with E-state index >= 15 is 0 Å². The Morgan fingerprint density at radius 1 is 0.889 bits per heavy atom. The highest BCUT2D eigenvalue weighted by atomic mass is 19.1. The number of nitrogens with zero attached hydrogens (tertiary/aromatic N) is 2. The number of aromatic nitrogens is 2. The third-order valence-electron chi connectivity index (χ3n) is 5.94. The number of carbonyl (C=O) groups is 2. The Balaban J connectivity index is 1.27. The molecule has 0 aliphatic rings. The summed E-state index contributed by atoms with van der Waals surface area (Å²) < 4.78 is 15.1. The van der Waals surface area contributed by atoms with Gasteiger partial charge in [-0.15, -0.1) is 0 Å². The number of hydrogen-bond donors (Lipinski definition) is 3. The van der Waals surface area contributed by atoms with Crippen LogP contribution in [0.1, 0.15) is 36.5 Å². The van der Waals surface area contributed by atoms with E-state index in [1.807, 2.05) is 55.7 Å². The van der Waals surface area contributed by atoms with E-state index in [1.54, 1.807) is 12.1 Å². The van der Waals surface area contributed by atoms with Crippen molar-refractivity contribution in [3.8, 4) is 0 Å². The molecule has 1 unspecified atom stereocenters. The van der Waals surface area contributed by atoms with Gasteiger partial charge < -0.3 is 20.5 Å². The third kappa shape index (κ3) is 6.69. The summed E-state index contributed by atoms with van der Waals surface area (Å²) in [5.41, 5.74) is 4.93. The summed E-state index contributed by atoms with van der Waals surface area (Å²) in [6, 6.07) is 20.9. The molecule has 1 atom stereocenters. The molecule has 3 aromatic carbocycles. The summed E-state index contributed by atoms with van der Waals surface area (Å²) >= 11 is 0. The van der Waals surface area contributed by atoms with Crippen LogP contribution in [0, 0.1) is 5.82 Å². The van der Waals surface area contributed by atoms with Crippen molar-refractivity contribution in [1.82, 2.24) is 25.5 Å². The van der Waals surface area contributed by atoms with Gasteiger partial charge in [-0.1, -0.05) is 61.9 Å². The number of hydrogen-bond acceptors (Lipinski definition) is 3. The van der Waals surface area contributed by atoms with Gasteiger partial charge in [0.1, 0.15) is 11.9 Å². The minimum absolute atomic E-state index is 0.234. The smallest absolute Gasteiger partial charge is 0.315 e. The minimum Gasteiger partial charge on any atom is -0.350 e. The number of nitrogens with one attached hydrogen (secondary N) is 3. The predicted molar refractivity (Wildman–Crippen MR) is 138 cm³/mol. The molecule has 1 aromatic heterocycles. The van der Waals surface area contributed by atoms with E-state index in [0.717, 1.165) is 34.1 Å². The van der Waals surface area contributed by atoms with Gasteiger partial charge in [-0.05, 0) is 47.4 Å². The highest BCUT2D eigenvalue weighted by Gasteiger charge is 2.19. The lowest BCUT2D eigenvalue weighted by atomic mass is 10.1. The molecule has 1 heterocycles. The largest absolute Gasteiger partial charge is 0.350 e. The molecule has 4 aromatic rings. The van der Waals surface area contributed by atoms with Crippen LogP contribution < -0.4 is 16.0 Å². The second-order valence-corrected chi connectivity index (χ2v) is 8.69. The summed E-state index contributed by atoms with van der Waals surface area (Å²) in [5, 5.41) is 8.37. The van der Waals surface area contributed by atoms with Crippen molar-refractivity contribution in [3.05, 3.63) is 102 Å². The monoisotopic (exact) mass is 487 g/mol. The number of carbonyl (C=O) groups excluding carboxylic acids is 2. The lowest BCUT2D eigenvalue weighted by molar-refractivity contribution is -0.123. The van der Waals surface area contributed by atoms with Gasteiger partial charge in [0.05, 0.1) is 17.4 Å². The number of urea groups is 1. The van der Waals surface area contributed by atoms with Crippen LogP contribution in [-0.4, -0.2) is 27.5 Å². The SMILES string of the molecule is CCCC(NC(=O)NCc1ccc(F)cc1)C(=O)NCc1ccc(Cn2cnc3ccccc32)cc1. The van der Waals surface area contributed by atoms with E-state index in [9.17, 15) is 14.0 Å². The van der Waals surface area contributed by atoms with Crippen molar-refractivity contribution >= 4 is 23.0 Å². The molecule has 36 heavy (non-hydrogen) atoms. The number of imidazole rings is 1. The fourth-order valence-corrected chi connectivity index (χ4v) is 3.96. The lowest BCUT2D eigenvalue weighted by Gasteiger charge is -2.18. The molecule has 186 valence electrons. The zero-order valence-corrected chi connectivity index (χ0v) is 20.2. The van der Waals surface area contributed by atoms with Crippen LogP contribution >= 0.6 is 0 Å². The summed E-state index contributed by atoms with van der Waals surface area (Å²) in [6.07, 6.45) is 3.11. The van der Waals surface area contributed by atoms with Gasteiger partial charge in [-0.2, -0.15) is 0 Å². The van der Waals surface area contributed by atoms with Gasteiger partial charge in [0.2, 0.25) is 5.91 Å². The molecule has 0 radical (unpaired) electrons. The van der Waals surface area contributed by atoms with E-state index in [-0.39, 0.29) is 18.3 Å². The van der Waals surface area contributed by atoms with Crippen LogP contribution in [0.3, 0.4) is 0 Å². The molecule has 0 aliphatic heterocycles. The number of halogens is 1. The Morgan fingerprint density at radius 3 is 2.25 bits per heavy atom. The van der Waals surface area contributed by atoms with E-state index in [2.05, 4.69) is 31.6 Å².